The molecule has 0 spiro atoms. The summed E-state index contributed by atoms with van der Waals surface area (Å²) in [5.41, 5.74) is 6.01. The molecule has 0 aliphatic heterocycles. The standard InChI is InChI=1S/C40H34O4/c1-39(2,41)33-23-32(36-22-28-18-12-20-30(38(28)44-36)26-15-9-6-10-16-26)34(40(3,4)42)24-31(33)35-21-27-17-11-19-29(37(27)43-35)25-13-7-5-8-14-25/h5-24,41-42H,1-4H3. The van der Waals surface area contributed by atoms with E-state index in [1.807, 2.05) is 84.9 Å². The minimum Gasteiger partial charge on any atom is -0.455 e. The number of para-hydroxylation sites is 2. The minimum atomic E-state index is -1.22. The maximum absolute atomic E-state index is 11.5. The number of fused-ring (bicyclic) bond motifs is 2. The minimum absolute atomic E-state index is 0.619. The summed E-state index contributed by atoms with van der Waals surface area (Å²) >= 11 is 0. The average Bonchev–Trinajstić information content (AvgIpc) is 3.65. The Morgan fingerprint density at radius 1 is 0.432 bits per heavy atom. The molecule has 2 heterocycles. The van der Waals surface area contributed by atoms with Crippen LogP contribution in [0, 0.1) is 0 Å². The zero-order chi connectivity index (χ0) is 30.6. The third-order valence-corrected chi connectivity index (χ3v) is 8.26. The highest BCUT2D eigenvalue weighted by Crippen LogP contribution is 2.45. The molecule has 4 nitrogen and oxygen atoms in total. The van der Waals surface area contributed by atoms with Gasteiger partial charge in [0.25, 0.3) is 0 Å². The molecule has 0 aliphatic carbocycles. The largest absolute Gasteiger partial charge is 0.455 e. The van der Waals surface area contributed by atoms with Crippen LogP contribution in [0.15, 0.2) is 130 Å². The van der Waals surface area contributed by atoms with E-state index in [0.29, 0.717) is 22.6 Å². The Labute approximate surface area is 256 Å². The van der Waals surface area contributed by atoms with E-state index in [1.165, 1.54) is 0 Å². The lowest BCUT2D eigenvalue weighted by Crippen LogP contribution is -2.21. The first-order valence-corrected chi connectivity index (χ1v) is 14.9. The Bertz CT molecular complexity index is 1960. The van der Waals surface area contributed by atoms with Crippen molar-refractivity contribution in [1.82, 2.24) is 0 Å². The summed E-state index contributed by atoms with van der Waals surface area (Å²) in [7, 11) is 0. The smallest absolute Gasteiger partial charge is 0.142 e. The number of benzene rings is 5. The van der Waals surface area contributed by atoms with Crippen molar-refractivity contribution in [2.75, 3.05) is 0 Å². The van der Waals surface area contributed by atoms with Gasteiger partial charge in [-0.15, -0.1) is 0 Å². The molecule has 0 radical (unpaired) electrons. The molecule has 0 saturated carbocycles. The molecular formula is C40H34O4. The van der Waals surface area contributed by atoms with Crippen molar-refractivity contribution >= 4 is 21.9 Å². The Morgan fingerprint density at radius 3 is 1.18 bits per heavy atom. The summed E-state index contributed by atoms with van der Waals surface area (Å²) in [6.07, 6.45) is 0. The zero-order valence-corrected chi connectivity index (χ0v) is 25.3. The summed E-state index contributed by atoms with van der Waals surface area (Å²) in [6, 6.07) is 40.4. The van der Waals surface area contributed by atoms with Gasteiger partial charge in [-0.05, 0) is 74.2 Å². The van der Waals surface area contributed by atoms with Crippen LogP contribution >= 0.6 is 0 Å². The van der Waals surface area contributed by atoms with Gasteiger partial charge >= 0.3 is 0 Å². The summed E-state index contributed by atoms with van der Waals surface area (Å²) in [6.45, 7) is 7.07. The van der Waals surface area contributed by atoms with E-state index in [4.69, 9.17) is 8.83 Å². The lowest BCUT2D eigenvalue weighted by molar-refractivity contribution is 0.0751. The van der Waals surface area contributed by atoms with Gasteiger partial charge in [0.1, 0.15) is 22.7 Å². The fourth-order valence-corrected chi connectivity index (χ4v) is 6.10. The molecule has 0 aliphatic rings. The van der Waals surface area contributed by atoms with Crippen molar-refractivity contribution in [3.63, 3.8) is 0 Å². The maximum Gasteiger partial charge on any atom is 0.142 e. The van der Waals surface area contributed by atoms with Crippen LogP contribution in [0.5, 0.6) is 0 Å². The molecule has 0 saturated heterocycles. The summed E-state index contributed by atoms with van der Waals surface area (Å²) in [5.74, 6) is 1.24. The maximum atomic E-state index is 11.5. The highest BCUT2D eigenvalue weighted by Gasteiger charge is 2.31. The van der Waals surface area contributed by atoms with Gasteiger partial charge in [-0.2, -0.15) is 0 Å². The van der Waals surface area contributed by atoms with Gasteiger partial charge in [-0.25, -0.2) is 0 Å². The molecule has 4 heteroatoms. The first-order valence-electron chi connectivity index (χ1n) is 14.9. The third kappa shape index (κ3) is 4.92. The van der Waals surface area contributed by atoms with Crippen molar-refractivity contribution in [2.45, 2.75) is 38.9 Å². The van der Waals surface area contributed by atoms with Crippen LogP contribution in [0.1, 0.15) is 38.8 Å². The van der Waals surface area contributed by atoms with Gasteiger partial charge in [-0.3, -0.25) is 0 Å². The van der Waals surface area contributed by atoms with Crippen molar-refractivity contribution in [3.05, 3.63) is 132 Å². The molecule has 0 amide bonds. The average molecular weight is 579 g/mol. The molecule has 7 aromatic rings. The van der Waals surface area contributed by atoms with Gasteiger partial charge in [0.2, 0.25) is 0 Å². The second-order valence-corrected chi connectivity index (χ2v) is 12.5. The molecule has 2 aromatic heterocycles. The Kier molecular flexibility index (Phi) is 6.58. The van der Waals surface area contributed by atoms with Crippen LogP contribution in [-0.4, -0.2) is 10.2 Å². The van der Waals surface area contributed by atoms with Gasteiger partial charge in [-0.1, -0.05) is 97.1 Å². The molecular weight excluding hydrogens is 544 g/mol. The van der Waals surface area contributed by atoms with E-state index in [0.717, 1.165) is 55.3 Å². The van der Waals surface area contributed by atoms with E-state index in [-0.39, 0.29) is 0 Å². The molecule has 0 atom stereocenters. The van der Waals surface area contributed by atoms with E-state index in [9.17, 15) is 10.2 Å². The van der Waals surface area contributed by atoms with Crippen LogP contribution in [0.2, 0.25) is 0 Å². The summed E-state index contributed by atoms with van der Waals surface area (Å²) in [5, 5.41) is 24.9. The second-order valence-electron chi connectivity index (χ2n) is 12.5. The van der Waals surface area contributed by atoms with Gasteiger partial charge < -0.3 is 19.0 Å². The molecule has 7 rings (SSSR count). The van der Waals surface area contributed by atoms with Crippen molar-refractivity contribution < 1.29 is 19.0 Å². The van der Waals surface area contributed by atoms with Crippen LogP contribution in [-0.2, 0) is 11.2 Å². The number of rotatable bonds is 6. The molecule has 44 heavy (non-hydrogen) atoms. The predicted molar refractivity (Wildman–Crippen MR) is 178 cm³/mol. The number of hydrogen-bond donors (Lipinski definition) is 2. The molecule has 0 unspecified atom stereocenters. The number of aliphatic hydroxyl groups is 2. The normalized spacial score (nSPS) is 12.3. The van der Waals surface area contributed by atoms with Crippen LogP contribution < -0.4 is 0 Å². The van der Waals surface area contributed by atoms with Gasteiger partial charge in [0, 0.05) is 33.0 Å². The predicted octanol–water partition coefficient (Wildman–Crippen LogP) is 10.3. The monoisotopic (exact) mass is 578 g/mol. The van der Waals surface area contributed by atoms with Crippen LogP contribution in [0.4, 0.5) is 0 Å². The van der Waals surface area contributed by atoms with Crippen molar-refractivity contribution in [2.24, 2.45) is 0 Å². The van der Waals surface area contributed by atoms with E-state index < -0.39 is 11.2 Å². The highest BCUT2D eigenvalue weighted by atomic mass is 16.3. The number of hydrogen-bond acceptors (Lipinski definition) is 4. The van der Waals surface area contributed by atoms with Gasteiger partial charge in [0.05, 0.1) is 11.2 Å². The fourth-order valence-electron chi connectivity index (χ4n) is 6.10. The molecule has 5 aromatic carbocycles. The van der Waals surface area contributed by atoms with Gasteiger partial charge in [0.15, 0.2) is 0 Å². The van der Waals surface area contributed by atoms with E-state index >= 15 is 0 Å². The first-order chi connectivity index (χ1) is 21.1. The van der Waals surface area contributed by atoms with Crippen molar-refractivity contribution in [3.8, 4) is 44.9 Å². The quantitative estimate of drug-likeness (QED) is 0.206. The fraction of sp³-hybridized carbons (Fsp3) is 0.150. The Hall–Kier alpha value is -4.90. The highest BCUT2D eigenvalue weighted by molar-refractivity contribution is 5.97. The van der Waals surface area contributed by atoms with Crippen LogP contribution in [0.25, 0.3) is 66.8 Å². The number of furan rings is 2. The first kappa shape index (κ1) is 27.9. The zero-order valence-electron chi connectivity index (χ0n) is 25.3. The lowest BCUT2D eigenvalue weighted by Gasteiger charge is -2.27. The topological polar surface area (TPSA) is 66.7 Å². The summed E-state index contributed by atoms with van der Waals surface area (Å²) < 4.78 is 13.2. The third-order valence-electron chi connectivity index (χ3n) is 8.26. The lowest BCUT2D eigenvalue weighted by atomic mass is 9.83. The molecule has 0 fully saturated rings. The Balaban J connectivity index is 1.45. The SMILES string of the molecule is CC(C)(O)c1cc(-c2cc3cccc(-c4ccccc4)c3o2)c(C(C)(C)O)cc1-c1cc2cccc(-c3ccccc3)c2o1. The van der Waals surface area contributed by atoms with Crippen LogP contribution in [0.3, 0.4) is 0 Å². The molecule has 2 N–H and O–H groups in total. The van der Waals surface area contributed by atoms with Crippen molar-refractivity contribution in [1.29, 1.82) is 0 Å². The Morgan fingerprint density at radius 2 is 0.818 bits per heavy atom. The van der Waals surface area contributed by atoms with E-state index in [1.54, 1.807) is 27.7 Å². The second kappa shape index (κ2) is 10.4. The summed E-state index contributed by atoms with van der Waals surface area (Å²) in [4.78, 5) is 0. The van der Waals surface area contributed by atoms with E-state index in [2.05, 4.69) is 36.4 Å². The molecule has 218 valence electrons. The molecule has 0 bridgehead atoms.